The molecule has 2 aromatic rings. The van der Waals surface area contributed by atoms with Gasteiger partial charge in [-0.15, -0.1) is 0 Å². The second-order valence-corrected chi connectivity index (χ2v) is 4.79. The molecule has 2 heterocycles. The van der Waals surface area contributed by atoms with Crippen molar-refractivity contribution < 1.29 is 0 Å². The topological polar surface area (TPSA) is 53.6 Å². The Morgan fingerprint density at radius 1 is 1.33 bits per heavy atom. The molecule has 0 aromatic carbocycles. The third kappa shape index (κ3) is 2.76. The van der Waals surface area contributed by atoms with Crippen LogP contribution in [0.3, 0.4) is 0 Å². The maximum atomic E-state index is 4.67. The SMILES string of the molecule is CNCC(c1nccc(-c2ccc[nH]2)n1)C(C)C. The van der Waals surface area contributed by atoms with Crippen LogP contribution in [0, 0.1) is 5.92 Å². The average molecular weight is 244 g/mol. The summed E-state index contributed by atoms with van der Waals surface area (Å²) in [5.41, 5.74) is 1.98. The molecule has 2 N–H and O–H groups in total. The second kappa shape index (κ2) is 5.78. The third-order valence-electron chi connectivity index (χ3n) is 3.11. The highest BCUT2D eigenvalue weighted by Crippen LogP contribution is 2.22. The van der Waals surface area contributed by atoms with E-state index in [9.17, 15) is 0 Å². The van der Waals surface area contributed by atoms with Gasteiger partial charge in [-0.25, -0.2) is 9.97 Å². The van der Waals surface area contributed by atoms with Gasteiger partial charge in [-0.2, -0.15) is 0 Å². The van der Waals surface area contributed by atoms with E-state index in [-0.39, 0.29) is 0 Å². The Hall–Kier alpha value is -1.68. The molecule has 0 radical (unpaired) electrons. The lowest BCUT2D eigenvalue weighted by Crippen LogP contribution is -2.23. The molecule has 0 aliphatic carbocycles. The van der Waals surface area contributed by atoms with Gasteiger partial charge in [0.1, 0.15) is 5.82 Å². The summed E-state index contributed by atoms with van der Waals surface area (Å²) in [5, 5.41) is 3.21. The normalized spacial score (nSPS) is 12.9. The first kappa shape index (κ1) is 12.8. The molecule has 96 valence electrons. The van der Waals surface area contributed by atoms with Gasteiger partial charge >= 0.3 is 0 Å². The maximum Gasteiger partial charge on any atom is 0.133 e. The summed E-state index contributed by atoms with van der Waals surface area (Å²) in [6, 6.07) is 5.94. The molecule has 0 saturated carbocycles. The van der Waals surface area contributed by atoms with Crippen molar-refractivity contribution in [2.75, 3.05) is 13.6 Å². The lowest BCUT2D eigenvalue weighted by Gasteiger charge is -2.19. The van der Waals surface area contributed by atoms with Crippen molar-refractivity contribution in [3.63, 3.8) is 0 Å². The fraction of sp³-hybridized carbons (Fsp3) is 0.429. The van der Waals surface area contributed by atoms with Crippen LogP contribution in [-0.2, 0) is 0 Å². The summed E-state index contributed by atoms with van der Waals surface area (Å²) in [4.78, 5) is 12.3. The Bertz CT molecular complexity index is 476. The molecule has 0 aliphatic heterocycles. The zero-order valence-corrected chi connectivity index (χ0v) is 11.1. The highest BCUT2D eigenvalue weighted by Gasteiger charge is 2.18. The van der Waals surface area contributed by atoms with Gasteiger partial charge in [0.2, 0.25) is 0 Å². The number of aromatic nitrogens is 3. The van der Waals surface area contributed by atoms with Crippen LogP contribution in [0.15, 0.2) is 30.6 Å². The smallest absolute Gasteiger partial charge is 0.133 e. The molecule has 2 aromatic heterocycles. The molecule has 18 heavy (non-hydrogen) atoms. The minimum Gasteiger partial charge on any atom is -0.360 e. The van der Waals surface area contributed by atoms with Crippen molar-refractivity contribution in [1.29, 1.82) is 0 Å². The van der Waals surface area contributed by atoms with Crippen LogP contribution in [0.25, 0.3) is 11.4 Å². The molecule has 1 atom stereocenters. The van der Waals surface area contributed by atoms with Gasteiger partial charge < -0.3 is 10.3 Å². The fourth-order valence-corrected chi connectivity index (χ4v) is 2.04. The third-order valence-corrected chi connectivity index (χ3v) is 3.11. The average Bonchev–Trinajstić information content (AvgIpc) is 2.89. The minimum absolute atomic E-state index is 0.338. The molecular formula is C14H20N4. The second-order valence-electron chi connectivity index (χ2n) is 4.79. The Balaban J connectivity index is 2.31. The van der Waals surface area contributed by atoms with E-state index in [1.54, 1.807) is 0 Å². The molecule has 2 rings (SSSR count). The van der Waals surface area contributed by atoms with E-state index >= 15 is 0 Å². The van der Waals surface area contributed by atoms with E-state index in [4.69, 9.17) is 0 Å². The molecular weight excluding hydrogens is 224 g/mol. The van der Waals surface area contributed by atoms with Crippen molar-refractivity contribution in [1.82, 2.24) is 20.3 Å². The molecule has 0 aliphatic rings. The van der Waals surface area contributed by atoms with Crippen LogP contribution in [-0.4, -0.2) is 28.5 Å². The molecule has 0 fully saturated rings. The zero-order chi connectivity index (χ0) is 13.0. The molecule has 0 saturated heterocycles. The van der Waals surface area contributed by atoms with Gasteiger partial charge in [0.25, 0.3) is 0 Å². The largest absolute Gasteiger partial charge is 0.360 e. The fourth-order valence-electron chi connectivity index (χ4n) is 2.04. The van der Waals surface area contributed by atoms with Gasteiger partial charge in [0, 0.05) is 24.9 Å². The maximum absolute atomic E-state index is 4.67. The highest BCUT2D eigenvalue weighted by atomic mass is 14.9. The summed E-state index contributed by atoms with van der Waals surface area (Å²) in [6.45, 7) is 5.30. The van der Waals surface area contributed by atoms with Crippen molar-refractivity contribution in [2.45, 2.75) is 19.8 Å². The number of hydrogen-bond acceptors (Lipinski definition) is 3. The quantitative estimate of drug-likeness (QED) is 0.849. The summed E-state index contributed by atoms with van der Waals surface area (Å²) >= 11 is 0. The summed E-state index contributed by atoms with van der Waals surface area (Å²) in [5.74, 6) is 1.76. The van der Waals surface area contributed by atoms with E-state index in [1.807, 2.05) is 37.6 Å². The summed E-state index contributed by atoms with van der Waals surface area (Å²) in [7, 11) is 1.96. The molecule has 0 spiro atoms. The van der Waals surface area contributed by atoms with Gasteiger partial charge in [0.05, 0.1) is 11.4 Å². The highest BCUT2D eigenvalue weighted by molar-refractivity contribution is 5.53. The van der Waals surface area contributed by atoms with E-state index in [2.05, 4.69) is 34.1 Å². The predicted molar refractivity (Wildman–Crippen MR) is 73.3 cm³/mol. The Morgan fingerprint density at radius 3 is 2.78 bits per heavy atom. The van der Waals surface area contributed by atoms with Gasteiger partial charge in [-0.1, -0.05) is 13.8 Å². The monoisotopic (exact) mass is 244 g/mol. The number of likely N-dealkylation sites (N-methyl/N-ethyl adjacent to an activating group) is 1. The van der Waals surface area contributed by atoms with Gasteiger partial charge in [0.15, 0.2) is 0 Å². The first-order valence-corrected chi connectivity index (χ1v) is 6.33. The number of rotatable bonds is 5. The number of H-pyrrole nitrogens is 1. The van der Waals surface area contributed by atoms with Gasteiger partial charge in [-0.3, -0.25) is 0 Å². The van der Waals surface area contributed by atoms with Crippen LogP contribution < -0.4 is 5.32 Å². The minimum atomic E-state index is 0.338. The zero-order valence-electron chi connectivity index (χ0n) is 11.1. The first-order chi connectivity index (χ1) is 8.72. The van der Waals surface area contributed by atoms with Crippen LogP contribution in [0.5, 0.6) is 0 Å². The van der Waals surface area contributed by atoms with E-state index in [1.165, 1.54) is 0 Å². The summed E-state index contributed by atoms with van der Waals surface area (Å²) < 4.78 is 0. The lowest BCUT2D eigenvalue weighted by atomic mass is 9.95. The van der Waals surface area contributed by atoms with Crippen LogP contribution in [0.4, 0.5) is 0 Å². The number of hydrogen-bond donors (Lipinski definition) is 2. The first-order valence-electron chi connectivity index (χ1n) is 6.33. The van der Waals surface area contributed by atoms with Crippen molar-refractivity contribution in [3.05, 3.63) is 36.4 Å². The summed E-state index contributed by atoms with van der Waals surface area (Å²) in [6.07, 6.45) is 3.74. The van der Waals surface area contributed by atoms with Gasteiger partial charge in [-0.05, 0) is 31.2 Å². The molecule has 0 amide bonds. The number of nitrogens with zero attached hydrogens (tertiary/aromatic N) is 2. The standard InChI is InChI=1S/C14H20N4/c1-10(2)11(9-15-3)14-17-8-6-13(18-14)12-5-4-7-16-12/h4-8,10-11,15-16H,9H2,1-3H3. The number of aromatic amines is 1. The van der Waals surface area contributed by atoms with Crippen LogP contribution in [0.1, 0.15) is 25.6 Å². The van der Waals surface area contributed by atoms with E-state index in [0.717, 1.165) is 23.8 Å². The van der Waals surface area contributed by atoms with Crippen molar-refractivity contribution in [3.8, 4) is 11.4 Å². The Labute approximate surface area is 108 Å². The Morgan fingerprint density at radius 2 is 2.17 bits per heavy atom. The molecule has 4 heteroatoms. The molecule has 1 unspecified atom stereocenters. The van der Waals surface area contributed by atoms with Crippen LogP contribution in [0.2, 0.25) is 0 Å². The van der Waals surface area contributed by atoms with E-state index in [0.29, 0.717) is 11.8 Å². The van der Waals surface area contributed by atoms with Crippen molar-refractivity contribution >= 4 is 0 Å². The van der Waals surface area contributed by atoms with Crippen molar-refractivity contribution in [2.24, 2.45) is 5.92 Å². The molecule has 0 bridgehead atoms. The van der Waals surface area contributed by atoms with E-state index < -0.39 is 0 Å². The Kier molecular flexibility index (Phi) is 4.10. The predicted octanol–water partition coefficient (Wildman–Crippen LogP) is 2.43. The molecule has 4 nitrogen and oxygen atoms in total. The van der Waals surface area contributed by atoms with Crippen LogP contribution >= 0.6 is 0 Å². The lowest BCUT2D eigenvalue weighted by molar-refractivity contribution is 0.458. The number of nitrogens with one attached hydrogen (secondary N) is 2.